The highest BCUT2D eigenvalue weighted by Crippen LogP contribution is 2.28. The first-order chi connectivity index (χ1) is 10.8. The second-order valence-electron chi connectivity index (χ2n) is 5.69. The number of hydrogen-bond donors (Lipinski definition) is 2. The molecule has 0 atom stereocenters. The summed E-state index contributed by atoms with van der Waals surface area (Å²) in [7, 11) is 0. The third-order valence-corrected chi connectivity index (χ3v) is 4.08. The number of nitrogens with zero attached hydrogens (tertiary/aromatic N) is 3. The number of aromatic nitrogens is 4. The van der Waals surface area contributed by atoms with Crippen LogP contribution in [0.3, 0.4) is 0 Å². The van der Waals surface area contributed by atoms with Crippen molar-refractivity contribution in [3.05, 3.63) is 30.5 Å². The van der Waals surface area contributed by atoms with E-state index in [1.165, 1.54) is 19.3 Å². The number of anilines is 1. The van der Waals surface area contributed by atoms with Gasteiger partial charge < -0.3 is 15.5 Å². The Kier molecular flexibility index (Phi) is 3.14. The maximum atomic E-state index is 5.88. The summed E-state index contributed by atoms with van der Waals surface area (Å²) in [5, 5.41) is 0. The standard InChI is InChI=1S/C16H17N5O/c17-16-18-8-13-15(21-16)20-14(19-13)11-5-2-6-12(7-11)22-9-10-3-1-4-10/h2,5-8,10H,1,3-4,9H2,(H3,17,18,19,20,21). The highest BCUT2D eigenvalue weighted by Gasteiger charge is 2.18. The molecule has 0 unspecified atom stereocenters. The molecule has 22 heavy (non-hydrogen) atoms. The molecule has 1 saturated carbocycles. The Bertz CT molecular complexity index is 809. The molecule has 1 aromatic carbocycles. The number of imidazole rings is 1. The fraction of sp³-hybridized carbons (Fsp3) is 0.312. The molecule has 1 aliphatic rings. The summed E-state index contributed by atoms with van der Waals surface area (Å²) < 4.78 is 5.88. The molecule has 1 fully saturated rings. The van der Waals surface area contributed by atoms with E-state index in [1.54, 1.807) is 6.20 Å². The van der Waals surface area contributed by atoms with Crippen LogP contribution in [0.25, 0.3) is 22.6 Å². The topological polar surface area (TPSA) is 89.7 Å². The molecular weight excluding hydrogens is 278 g/mol. The van der Waals surface area contributed by atoms with Gasteiger partial charge in [-0.15, -0.1) is 0 Å². The van der Waals surface area contributed by atoms with Crippen molar-refractivity contribution in [2.75, 3.05) is 12.3 Å². The summed E-state index contributed by atoms with van der Waals surface area (Å²) >= 11 is 0. The number of benzene rings is 1. The van der Waals surface area contributed by atoms with Crippen LogP contribution in [-0.2, 0) is 0 Å². The zero-order valence-electron chi connectivity index (χ0n) is 12.1. The first kappa shape index (κ1) is 13.1. The Morgan fingerprint density at radius 3 is 3.00 bits per heavy atom. The van der Waals surface area contributed by atoms with Gasteiger partial charge in [0.2, 0.25) is 5.95 Å². The summed E-state index contributed by atoms with van der Waals surface area (Å²) in [6.45, 7) is 0.797. The smallest absolute Gasteiger partial charge is 0.222 e. The molecule has 112 valence electrons. The van der Waals surface area contributed by atoms with Gasteiger partial charge in [0.15, 0.2) is 5.65 Å². The van der Waals surface area contributed by atoms with Crippen LogP contribution in [0.2, 0.25) is 0 Å². The number of fused-ring (bicyclic) bond motifs is 1. The van der Waals surface area contributed by atoms with Gasteiger partial charge in [-0.1, -0.05) is 18.6 Å². The minimum atomic E-state index is 0.225. The molecule has 0 radical (unpaired) electrons. The Morgan fingerprint density at radius 2 is 2.18 bits per heavy atom. The lowest BCUT2D eigenvalue weighted by atomic mass is 9.86. The highest BCUT2D eigenvalue weighted by molar-refractivity contribution is 5.76. The molecule has 4 rings (SSSR count). The molecule has 0 saturated heterocycles. The lowest BCUT2D eigenvalue weighted by molar-refractivity contribution is 0.180. The summed E-state index contributed by atoms with van der Waals surface area (Å²) in [5.74, 6) is 2.55. The molecule has 6 heteroatoms. The van der Waals surface area contributed by atoms with Crippen LogP contribution in [0.1, 0.15) is 19.3 Å². The molecule has 0 bridgehead atoms. The van der Waals surface area contributed by atoms with Gasteiger partial charge >= 0.3 is 0 Å². The first-order valence-corrected chi connectivity index (χ1v) is 7.49. The molecule has 0 amide bonds. The number of rotatable bonds is 4. The number of nitrogen functional groups attached to an aromatic ring is 1. The van der Waals surface area contributed by atoms with Crippen molar-refractivity contribution >= 4 is 17.1 Å². The molecule has 1 aliphatic carbocycles. The minimum absolute atomic E-state index is 0.225. The largest absolute Gasteiger partial charge is 0.493 e. The van der Waals surface area contributed by atoms with Crippen LogP contribution in [0.15, 0.2) is 30.5 Å². The maximum Gasteiger partial charge on any atom is 0.222 e. The van der Waals surface area contributed by atoms with Gasteiger partial charge in [0.25, 0.3) is 0 Å². The third-order valence-electron chi connectivity index (χ3n) is 4.08. The zero-order chi connectivity index (χ0) is 14.9. The van der Waals surface area contributed by atoms with Crippen molar-refractivity contribution in [3.8, 4) is 17.1 Å². The predicted octanol–water partition coefficient (Wildman–Crippen LogP) is 2.78. The normalized spacial score (nSPS) is 14.9. The van der Waals surface area contributed by atoms with Crippen molar-refractivity contribution in [1.29, 1.82) is 0 Å². The average molecular weight is 295 g/mol. The van der Waals surface area contributed by atoms with Crippen molar-refractivity contribution in [2.45, 2.75) is 19.3 Å². The van der Waals surface area contributed by atoms with Gasteiger partial charge in [0.05, 0.1) is 12.8 Å². The quantitative estimate of drug-likeness (QED) is 0.772. The molecule has 2 heterocycles. The number of nitrogens with one attached hydrogen (secondary N) is 1. The SMILES string of the molecule is Nc1ncc2[nH]c(-c3cccc(OCC4CCC4)c3)nc2n1. The van der Waals surface area contributed by atoms with Crippen molar-refractivity contribution in [1.82, 2.24) is 19.9 Å². The molecule has 0 spiro atoms. The van der Waals surface area contributed by atoms with Gasteiger partial charge in [-0.25, -0.2) is 9.97 Å². The van der Waals surface area contributed by atoms with Gasteiger partial charge in [-0.3, -0.25) is 0 Å². The number of hydrogen-bond acceptors (Lipinski definition) is 5. The van der Waals surface area contributed by atoms with E-state index >= 15 is 0 Å². The minimum Gasteiger partial charge on any atom is -0.493 e. The molecule has 2 aromatic heterocycles. The molecular formula is C16H17N5O. The van der Waals surface area contributed by atoms with Crippen molar-refractivity contribution < 1.29 is 4.74 Å². The Labute approximate surface area is 127 Å². The Morgan fingerprint density at radius 1 is 1.27 bits per heavy atom. The monoisotopic (exact) mass is 295 g/mol. The summed E-state index contributed by atoms with van der Waals surface area (Å²) in [5.41, 5.74) is 7.89. The van der Waals surface area contributed by atoms with Crippen LogP contribution in [0.5, 0.6) is 5.75 Å². The summed E-state index contributed by atoms with van der Waals surface area (Å²) in [4.78, 5) is 15.8. The van der Waals surface area contributed by atoms with E-state index in [4.69, 9.17) is 10.5 Å². The van der Waals surface area contributed by atoms with Crippen molar-refractivity contribution in [2.24, 2.45) is 5.92 Å². The van der Waals surface area contributed by atoms with Crippen molar-refractivity contribution in [3.63, 3.8) is 0 Å². The fourth-order valence-electron chi connectivity index (χ4n) is 2.56. The Balaban J connectivity index is 1.59. The van der Waals surface area contributed by atoms with Crippen LogP contribution in [0.4, 0.5) is 5.95 Å². The highest BCUT2D eigenvalue weighted by atomic mass is 16.5. The average Bonchev–Trinajstić information content (AvgIpc) is 2.89. The molecule has 0 aliphatic heterocycles. The van der Waals surface area contributed by atoms with Crippen LogP contribution in [0, 0.1) is 5.92 Å². The number of H-pyrrole nitrogens is 1. The molecule has 3 aromatic rings. The van der Waals surface area contributed by atoms with E-state index < -0.39 is 0 Å². The first-order valence-electron chi connectivity index (χ1n) is 7.49. The summed E-state index contributed by atoms with van der Waals surface area (Å²) in [6.07, 6.45) is 5.54. The van der Waals surface area contributed by atoms with E-state index in [1.807, 2.05) is 24.3 Å². The van der Waals surface area contributed by atoms with Crippen LogP contribution >= 0.6 is 0 Å². The Hall–Kier alpha value is -2.63. The van der Waals surface area contributed by atoms with Gasteiger partial charge in [0.1, 0.15) is 17.1 Å². The second-order valence-corrected chi connectivity index (χ2v) is 5.69. The van der Waals surface area contributed by atoms with Crippen LogP contribution in [-0.4, -0.2) is 26.5 Å². The molecule has 3 N–H and O–H groups in total. The maximum absolute atomic E-state index is 5.88. The van der Waals surface area contributed by atoms with E-state index in [-0.39, 0.29) is 5.95 Å². The van der Waals surface area contributed by atoms with Crippen LogP contribution < -0.4 is 10.5 Å². The fourth-order valence-corrected chi connectivity index (χ4v) is 2.56. The number of aromatic amines is 1. The second kappa shape index (κ2) is 5.29. The van der Waals surface area contributed by atoms with E-state index in [2.05, 4.69) is 19.9 Å². The van der Waals surface area contributed by atoms with E-state index in [0.29, 0.717) is 11.6 Å². The molecule has 6 nitrogen and oxygen atoms in total. The lowest BCUT2D eigenvalue weighted by Gasteiger charge is -2.25. The number of ether oxygens (including phenoxy) is 1. The predicted molar refractivity (Wildman–Crippen MR) is 84.4 cm³/mol. The van der Waals surface area contributed by atoms with E-state index in [9.17, 15) is 0 Å². The third kappa shape index (κ3) is 2.47. The van der Waals surface area contributed by atoms with E-state index in [0.717, 1.165) is 29.3 Å². The van der Waals surface area contributed by atoms with Gasteiger partial charge in [-0.2, -0.15) is 4.98 Å². The zero-order valence-corrected chi connectivity index (χ0v) is 12.1. The number of nitrogens with two attached hydrogens (primary N) is 1. The lowest BCUT2D eigenvalue weighted by Crippen LogP contribution is -2.19. The van der Waals surface area contributed by atoms with Gasteiger partial charge in [0, 0.05) is 5.56 Å². The van der Waals surface area contributed by atoms with Gasteiger partial charge in [-0.05, 0) is 30.9 Å². The summed E-state index contributed by atoms with van der Waals surface area (Å²) in [6, 6.07) is 7.93.